The smallest absolute Gasteiger partial charge is 0.0868 e. The van der Waals surface area contributed by atoms with Gasteiger partial charge in [0, 0.05) is 29.7 Å². The number of anilines is 1. The molecule has 0 radical (unpaired) electrons. The van der Waals surface area contributed by atoms with Crippen LogP contribution in [0.15, 0.2) is 41.5 Å². The fourth-order valence-electron chi connectivity index (χ4n) is 1.94. The third-order valence-electron chi connectivity index (χ3n) is 2.96. The molecule has 1 aliphatic rings. The summed E-state index contributed by atoms with van der Waals surface area (Å²) in [7, 11) is 2.05. The maximum atomic E-state index is 4.62. The molecule has 0 unspecified atom stereocenters. The van der Waals surface area contributed by atoms with Crippen LogP contribution in [0.4, 0.5) is 5.69 Å². The van der Waals surface area contributed by atoms with Crippen LogP contribution in [-0.4, -0.2) is 18.8 Å². The molecule has 0 bridgehead atoms. The Morgan fingerprint density at radius 3 is 2.73 bits per heavy atom. The highest BCUT2D eigenvalue weighted by atomic mass is 15.1. The largest absolute Gasteiger partial charge is 0.346 e. The van der Waals surface area contributed by atoms with E-state index in [9.17, 15) is 0 Å². The summed E-state index contributed by atoms with van der Waals surface area (Å²) in [5.41, 5.74) is 4.52. The van der Waals surface area contributed by atoms with Crippen LogP contribution < -0.4 is 4.90 Å². The monoisotopic (exact) mass is 200 g/mol. The Labute approximate surface area is 90.9 Å². The van der Waals surface area contributed by atoms with E-state index in [0.717, 1.165) is 11.4 Å². The molecule has 0 fully saturated rings. The molecule has 78 valence electrons. The Kier molecular flexibility index (Phi) is 2.35. The zero-order valence-corrected chi connectivity index (χ0v) is 9.49. The van der Waals surface area contributed by atoms with Crippen molar-refractivity contribution in [3.63, 3.8) is 0 Å². The van der Waals surface area contributed by atoms with Crippen molar-refractivity contribution in [1.82, 2.24) is 0 Å². The first kappa shape index (κ1) is 9.97. The van der Waals surface area contributed by atoms with Crippen LogP contribution in [0.2, 0.25) is 0 Å². The van der Waals surface area contributed by atoms with Crippen molar-refractivity contribution >= 4 is 11.4 Å². The molecule has 0 spiro atoms. The Morgan fingerprint density at radius 1 is 1.33 bits per heavy atom. The second-order valence-corrected chi connectivity index (χ2v) is 3.96. The van der Waals surface area contributed by atoms with Gasteiger partial charge in [0.05, 0.1) is 6.04 Å². The van der Waals surface area contributed by atoms with Gasteiger partial charge in [0.25, 0.3) is 0 Å². The van der Waals surface area contributed by atoms with E-state index < -0.39 is 0 Å². The number of likely N-dealkylation sites (N-methyl/N-ethyl adjacent to an activating group) is 1. The number of hydrogen-bond acceptors (Lipinski definition) is 2. The van der Waals surface area contributed by atoms with Gasteiger partial charge in [0.1, 0.15) is 0 Å². The first-order chi connectivity index (χ1) is 7.11. The van der Waals surface area contributed by atoms with Gasteiger partial charge in [-0.15, -0.1) is 0 Å². The van der Waals surface area contributed by atoms with Crippen molar-refractivity contribution in [1.29, 1.82) is 0 Å². The predicted octanol–water partition coefficient (Wildman–Crippen LogP) is 2.85. The van der Waals surface area contributed by atoms with Gasteiger partial charge in [0.15, 0.2) is 0 Å². The number of hydrogen-bond donors (Lipinski definition) is 0. The summed E-state index contributed by atoms with van der Waals surface area (Å²) in [4.78, 5) is 6.75. The lowest BCUT2D eigenvalue weighted by Gasteiger charge is -2.23. The van der Waals surface area contributed by atoms with Crippen molar-refractivity contribution < 1.29 is 0 Å². The number of benzene rings is 1. The Balaban J connectivity index is 2.63. The number of nitrogens with zero attached hydrogens (tertiary/aromatic N) is 2. The quantitative estimate of drug-likeness (QED) is 0.628. The van der Waals surface area contributed by atoms with Gasteiger partial charge in [-0.1, -0.05) is 24.8 Å². The van der Waals surface area contributed by atoms with Gasteiger partial charge in [-0.2, -0.15) is 0 Å². The fraction of sp³-hybridized carbons (Fsp3) is 0.308. The summed E-state index contributed by atoms with van der Waals surface area (Å²) in [5.74, 6) is 0. The van der Waals surface area contributed by atoms with Crippen LogP contribution in [0.25, 0.3) is 0 Å². The summed E-state index contributed by atoms with van der Waals surface area (Å²) in [6.07, 6.45) is 0. The summed E-state index contributed by atoms with van der Waals surface area (Å²) < 4.78 is 0. The van der Waals surface area contributed by atoms with E-state index in [1.807, 2.05) is 19.2 Å². The molecule has 0 amide bonds. The molecular formula is C13H16N2. The molecular weight excluding hydrogens is 184 g/mol. The summed E-state index contributed by atoms with van der Waals surface area (Å²) >= 11 is 0. The van der Waals surface area contributed by atoms with Crippen LogP contribution in [0, 0.1) is 0 Å². The van der Waals surface area contributed by atoms with E-state index in [-0.39, 0.29) is 6.04 Å². The molecule has 0 aromatic heterocycles. The molecule has 1 aliphatic heterocycles. The van der Waals surface area contributed by atoms with E-state index in [4.69, 9.17) is 0 Å². The van der Waals surface area contributed by atoms with Gasteiger partial charge in [-0.25, -0.2) is 0 Å². The number of aliphatic imine (C=N–C) groups is 1. The van der Waals surface area contributed by atoms with Crippen LogP contribution >= 0.6 is 0 Å². The SMILES string of the molecule is C=C1[C@@H](C)N=C(C)c2ccccc2N1C. The van der Waals surface area contributed by atoms with Crippen LogP contribution in [0.5, 0.6) is 0 Å². The highest BCUT2D eigenvalue weighted by Gasteiger charge is 2.19. The van der Waals surface area contributed by atoms with Gasteiger partial charge < -0.3 is 4.90 Å². The second-order valence-electron chi connectivity index (χ2n) is 3.96. The lowest BCUT2D eigenvalue weighted by molar-refractivity contribution is 0.830. The maximum absolute atomic E-state index is 4.62. The lowest BCUT2D eigenvalue weighted by Crippen LogP contribution is -2.21. The van der Waals surface area contributed by atoms with E-state index >= 15 is 0 Å². The van der Waals surface area contributed by atoms with Crippen molar-refractivity contribution in [3.05, 3.63) is 42.1 Å². The average Bonchev–Trinajstić information content (AvgIpc) is 2.33. The first-order valence-corrected chi connectivity index (χ1v) is 5.17. The minimum atomic E-state index is 0.155. The molecule has 2 nitrogen and oxygen atoms in total. The second kappa shape index (κ2) is 3.54. The first-order valence-electron chi connectivity index (χ1n) is 5.17. The van der Waals surface area contributed by atoms with Crippen molar-refractivity contribution in [2.75, 3.05) is 11.9 Å². The summed E-state index contributed by atoms with van der Waals surface area (Å²) in [5, 5.41) is 0. The number of benzodiazepines with no additional fused rings is 1. The molecule has 0 saturated heterocycles. The van der Waals surface area contributed by atoms with E-state index in [1.54, 1.807) is 0 Å². The molecule has 1 heterocycles. The molecule has 1 aromatic carbocycles. The van der Waals surface area contributed by atoms with E-state index in [0.29, 0.717) is 0 Å². The summed E-state index contributed by atoms with van der Waals surface area (Å²) in [6, 6.07) is 8.46. The number of fused-ring (bicyclic) bond motifs is 1. The third-order valence-corrected chi connectivity index (χ3v) is 2.96. The zero-order chi connectivity index (χ0) is 11.0. The minimum absolute atomic E-state index is 0.155. The molecule has 1 aromatic rings. The summed E-state index contributed by atoms with van der Waals surface area (Å²) in [6.45, 7) is 8.22. The maximum Gasteiger partial charge on any atom is 0.0868 e. The third kappa shape index (κ3) is 1.56. The van der Waals surface area contributed by atoms with E-state index in [1.165, 1.54) is 11.3 Å². The minimum Gasteiger partial charge on any atom is -0.346 e. The molecule has 2 heteroatoms. The fourth-order valence-corrected chi connectivity index (χ4v) is 1.94. The number of para-hydroxylation sites is 1. The van der Waals surface area contributed by atoms with Gasteiger partial charge >= 0.3 is 0 Å². The van der Waals surface area contributed by atoms with Gasteiger partial charge in [0.2, 0.25) is 0 Å². The Bertz CT molecular complexity index is 432. The molecule has 15 heavy (non-hydrogen) atoms. The Morgan fingerprint density at radius 2 is 2.00 bits per heavy atom. The van der Waals surface area contributed by atoms with Crippen molar-refractivity contribution in [2.24, 2.45) is 4.99 Å². The van der Waals surface area contributed by atoms with E-state index in [2.05, 4.69) is 42.5 Å². The van der Waals surface area contributed by atoms with Gasteiger partial charge in [-0.3, -0.25) is 4.99 Å². The molecule has 0 N–H and O–H groups in total. The molecule has 0 aliphatic carbocycles. The van der Waals surface area contributed by atoms with Crippen molar-refractivity contribution in [3.8, 4) is 0 Å². The average molecular weight is 200 g/mol. The zero-order valence-electron chi connectivity index (χ0n) is 9.49. The molecule has 1 atom stereocenters. The highest BCUT2D eigenvalue weighted by Crippen LogP contribution is 2.28. The molecule has 0 saturated carbocycles. The lowest BCUT2D eigenvalue weighted by atomic mass is 10.1. The van der Waals surface area contributed by atoms with Gasteiger partial charge in [-0.05, 0) is 19.9 Å². The van der Waals surface area contributed by atoms with Crippen molar-refractivity contribution in [2.45, 2.75) is 19.9 Å². The van der Waals surface area contributed by atoms with Crippen LogP contribution in [-0.2, 0) is 0 Å². The topological polar surface area (TPSA) is 15.6 Å². The highest BCUT2D eigenvalue weighted by molar-refractivity contribution is 6.04. The molecule has 2 rings (SSSR count). The predicted molar refractivity (Wildman–Crippen MR) is 65.7 cm³/mol. The number of rotatable bonds is 0. The Hall–Kier alpha value is -1.57. The van der Waals surface area contributed by atoms with Crippen LogP contribution in [0.1, 0.15) is 19.4 Å². The normalized spacial score (nSPS) is 20.7. The standard InChI is InChI=1S/C13H16N2/c1-9-11(3)15(4)13-8-6-5-7-12(13)10(2)14-9/h5-9H,3H2,1-2,4H3/t9-/m1/s1. The van der Waals surface area contributed by atoms with Crippen LogP contribution in [0.3, 0.4) is 0 Å².